The number of hydrogen-bond acceptors (Lipinski definition) is 2. The Morgan fingerprint density at radius 1 is 1.33 bits per heavy atom. The predicted octanol–water partition coefficient (Wildman–Crippen LogP) is 1.30. The Bertz CT molecular complexity index is 377. The molecule has 98 valence electrons. The summed E-state index contributed by atoms with van der Waals surface area (Å²) in [5.41, 5.74) is 1.25. The van der Waals surface area contributed by atoms with Crippen molar-refractivity contribution < 1.29 is 9.90 Å². The van der Waals surface area contributed by atoms with E-state index in [-0.39, 0.29) is 18.7 Å². The lowest BCUT2D eigenvalue weighted by atomic mass is 10.0. The first-order valence-corrected chi connectivity index (χ1v) is 6.48. The first-order valence-electron chi connectivity index (χ1n) is 6.48. The highest BCUT2D eigenvalue weighted by Crippen LogP contribution is 2.34. The summed E-state index contributed by atoms with van der Waals surface area (Å²) in [6, 6.07) is 10.2. The zero-order valence-electron chi connectivity index (χ0n) is 10.4. The fraction of sp³-hybridized carbons (Fsp3) is 0.500. The number of rotatable bonds is 6. The Morgan fingerprint density at radius 3 is 2.67 bits per heavy atom. The topological polar surface area (TPSA) is 61.4 Å². The van der Waals surface area contributed by atoms with Crippen LogP contribution in [0.15, 0.2) is 30.3 Å². The van der Waals surface area contributed by atoms with Gasteiger partial charge in [-0.05, 0) is 30.7 Å². The minimum absolute atomic E-state index is 0.0276. The summed E-state index contributed by atoms with van der Waals surface area (Å²) in [5.74, 6) is 0.602. The van der Waals surface area contributed by atoms with Crippen LogP contribution < -0.4 is 10.6 Å². The minimum Gasteiger partial charge on any atom is -0.395 e. The number of aliphatic hydroxyl groups excluding tert-OH is 1. The molecule has 2 rings (SSSR count). The van der Waals surface area contributed by atoms with E-state index < -0.39 is 0 Å². The molecule has 0 aromatic heterocycles. The molecule has 1 aromatic rings. The van der Waals surface area contributed by atoms with Gasteiger partial charge in [-0.25, -0.2) is 4.79 Å². The molecule has 1 fully saturated rings. The van der Waals surface area contributed by atoms with Crippen LogP contribution in [-0.4, -0.2) is 30.3 Å². The van der Waals surface area contributed by atoms with E-state index in [0.717, 1.165) is 6.42 Å². The van der Waals surface area contributed by atoms with E-state index in [9.17, 15) is 4.79 Å². The van der Waals surface area contributed by atoms with E-state index in [1.165, 1.54) is 18.4 Å². The Hall–Kier alpha value is -1.55. The van der Waals surface area contributed by atoms with E-state index in [1.54, 1.807) is 0 Å². The van der Waals surface area contributed by atoms with Gasteiger partial charge < -0.3 is 15.7 Å². The van der Waals surface area contributed by atoms with Gasteiger partial charge in [0.2, 0.25) is 0 Å². The number of carbonyl (C=O) groups excluding carboxylic acids is 1. The van der Waals surface area contributed by atoms with Gasteiger partial charge in [0.15, 0.2) is 0 Å². The second kappa shape index (κ2) is 6.40. The van der Waals surface area contributed by atoms with Crippen LogP contribution in [0.25, 0.3) is 0 Å². The lowest BCUT2D eigenvalue weighted by Gasteiger charge is -2.18. The first-order chi connectivity index (χ1) is 8.79. The molecule has 1 atom stereocenters. The van der Waals surface area contributed by atoms with Crippen molar-refractivity contribution >= 4 is 6.03 Å². The molecule has 0 heterocycles. The van der Waals surface area contributed by atoms with Crippen molar-refractivity contribution in [1.82, 2.24) is 10.6 Å². The number of urea groups is 1. The maximum atomic E-state index is 11.6. The highest BCUT2D eigenvalue weighted by Gasteiger charge is 2.32. The second-order valence-electron chi connectivity index (χ2n) is 4.76. The molecule has 4 heteroatoms. The van der Waals surface area contributed by atoms with Crippen molar-refractivity contribution in [3.05, 3.63) is 35.9 Å². The van der Waals surface area contributed by atoms with Crippen molar-refractivity contribution in [2.75, 3.05) is 13.2 Å². The third-order valence-corrected chi connectivity index (χ3v) is 3.20. The molecule has 1 unspecified atom stereocenters. The molecular weight excluding hydrogens is 228 g/mol. The van der Waals surface area contributed by atoms with Crippen molar-refractivity contribution in [3.8, 4) is 0 Å². The average Bonchev–Trinajstić information content (AvgIpc) is 3.21. The number of amides is 2. The molecule has 3 N–H and O–H groups in total. The fourth-order valence-corrected chi connectivity index (χ4v) is 2.09. The quantitative estimate of drug-likeness (QED) is 0.710. The van der Waals surface area contributed by atoms with Crippen molar-refractivity contribution in [2.24, 2.45) is 5.92 Å². The first kappa shape index (κ1) is 12.9. The number of benzene rings is 1. The molecule has 0 saturated heterocycles. The number of aliphatic hydroxyl groups is 1. The summed E-state index contributed by atoms with van der Waals surface area (Å²) in [6.07, 6.45) is 3.26. The van der Waals surface area contributed by atoms with Crippen LogP contribution in [0.3, 0.4) is 0 Å². The molecule has 0 radical (unpaired) electrons. The molecule has 4 nitrogen and oxygen atoms in total. The van der Waals surface area contributed by atoms with Crippen molar-refractivity contribution in [1.29, 1.82) is 0 Å². The SMILES string of the molecule is O=C(NCCO)NC(Cc1ccccc1)C1CC1. The van der Waals surface area contributed by atoms with E-state index >= 15 is 0 Å². The number of hydrogen-bond donors (Lipinski definition) is 3. The summed E-state index contributed by atoms with van der Waals surface area (Å²) in [7, 11) is 0. The molecule has 1 aromatic carbocycles. The highest BCUT2D eigenvalue weighted by molar-refractivity contribution is 5.74. The Kier molecular flexibility index (Phi) is 4.59. The normalized spacial score (nSPS) is 16.1. The second-order valence-corrected chi connectivity index (χ2v) is 4.76. The third kappa shape index (κ3) is 4.04. The summed E-state index contributed by atoms with van der Waals surface area (Å²) in [4.78, 5) is 11.6. The summed E-state index contributed by atoms with van der Waals surface area (Å²) < 4.78 is 0. The van der Waals surface area contributed by atoms with Gasteiger partial charge in [0.1, 0.15) is 0 Å². The van der Waals surface area contributed by atoms with E-state index in [0.29, 0.717) is 12.5 Å². The maximum absolute atomic E-state index is 11.6. The largest absolute Gasteiger partial charge is 0.395 e. The summed E-state index contributed by atoms with van der Waals surface area (Å²) >= 11 is 0. The summed E-state index contributed by atoms with van der Waals surface area (Å²) in [5, 5.41) is 14.3. The molecule has 1 aliphatic carbocycles. The van der Waals surface area contributed by atoms with Crippen molar-refractivity contribution in [2.45, 2.75) is 25.3 Å². The van der Waals surface area contributed by atoms with Crippen LogP contribution in [0.5, 0.6) is 0 Å². The van der Waals surface area contributed by atoms with Crippen molar-refractivity contribution in [3.63, 3.8) is 0 Å². The predicted molar refractivity (Wildman–Crippen MR) is 70.3 cm³/mol. The fourth-order valence-electron chi connectivity index (χ4n) is 2.09. The molecule has 18 heavy (non-hydrogen) atoms. The van der Waals surface area contributed by atoms with E-state index in [1.807, 2.05) is 18.2 Å². The monoisotopic (exact) mass is 248 g/mol. The molecule has 1 aliphatic rings. The van der Waals surface area contributed by atoms with Crippen LogP contribution in [0.1, 0.15) is 18.4 Å². The summed E-state index contributed by atoms with van der Waals surface area (Å²) in [6.45, 7) is 0.273. The third-order valence-electron chi connectivity index (χ3n) is 3.20. The van der Waals surface area contributed by atoms with Crippen LogP contribution in [0, 0.1) is 5.92 Å². The van der Waals surface area contributed by atoms with E-state index in [2.05, 4.69) is 22.8 Å². The van der Waals surface area contributed by atoms with Gasteiger partial charge in [0, 0.05) is 12.6 Å². The standard InChI is InChI=1S/C14H20N2O2/c17-9-8-15-14(18)16-13(12-6-7-12)10-11-4-2-1-3-5-11/h1-5,12-13,17H,6-10H2,(H2,15,16,18). The van der Waals surface area contributed by atoms with Crippen LogP contribution in [0.4, 0.5) is 4.79 Å². The maximum Gasteiger partial charge on any atom is 0.315 e. The highest BCUT2D eigenvalue weighted by atomic mass is 16.3. The van der Waals surface area contributed by atoms with Gasteiger partial charge in [-0.1, -0.05) is 30.3 Å². The van der Waals surface area contributed by atoms with Gasteiger partial charge in [-0.2, -0.15) is 0 Å². The van der Waals surface area contributed by atoms with Gasteiger partial charge in [-0.15, -0.1) is 0 Å². The molecular formula is C14H20N2O2. The lowest BCUT2D eigenvalue weighted by molar-refractivity contribution is 0.229. The van der Waals surface area contributed by atoms with Gasteiger partial charge in [0.25, 0.3) is 0 Å². The molecule has 2 amide bonds. The lowest BCUT2D eigenvalue weighted by Crippen LogP contribution is -2.45. The molecule has 0 spiro atoms. The Balaban J connectivity index is 1.86. The zero-order valence-corrected chi connectivity index (χ0v) is 10.4. The van der Waals surface area contributed by atoms with Gasteiger partial charge >= 0.3 is 6.03 Å². The smallest absolute Gasteiger partial charge is 0.315 e. The average molecular weight is 248 g/mol. The molecule has 0 bridgehead atoms. The Morgan fingerprint density at radius 2 is 2.06 bits per heavy atom. The minimum atomic E-state index is -0.183. The molecule has 0 aliphatic heterocycles. The van der Waals surface area contributed by atoms with Crippen LogP contribution in [0.2, 0.25) is 0 Å². The number of nitrogens with one attached hydrogen (secondary N) is 2. The molecule has 1 saturated carbocycles. The van der Waals surface area contributed by atoms with E-state index in [4.69, 9.17) is 5.11 Å². The Labute approximate surface area is 107 Å². The number of carbonyl (C=O) groups is 1. The van der Waals surface area contributed by atoms with Gasteiger partial charge in [0.05, 0.1) is 6.61 Å². The van der Waals surface area contributed by atoms with Crippen LogP contribution in [-0.2, 0) is 6.42 Å². The van der Waals surface area contributed by atoms with Crippen LogP contribution >= 0.6 is 0 Å². The zero-order chi connectivity index (χ0) is 12.8. The van der Waals surface area contributed by atoms with Gasteiger partial charge in [-0.3, -0.25) is 0 Å².